The van der Waals surface area contributed by atoms with E-state index in [0.717, 1.165) is 10.2 Å². The molecule has 2 aromatic carbocycles. The van der Waals surface area contributed by atoms with Gasteiger partial charge in [-0.1, -0.05) is 41.1 Å². The molecule has 5 nitrogen and oxygen atoms in total. The van der Waals surface area contributed by atoms with Crippen LogP contribution in [0.4, 0.5) is 0 Å². The predicted octanol–water partition coefficient (Wildman–Crippen LogP) is 4.20. The minimum atomic E-state index is -0.800. The molecule has 0 spiro atoms. The molecule has 0 aliphatic carbocycles. The molecule has 4 rings (SSSR count). The van der Waals surface area contributed by atoms with Gasteiger partial charge in [-0.05, 0) is 37.3 Å². The normalized spacial score (nSPS) is 19.3. The number of para-hydroxylation sites is 2. The number of carbonyl (C=O) groups is 1. The quantitative estimate of drug-likeness (QED) is 0.619. The monoisotopic (exact) mass is 400 g/mol. The molecule has 1 aromatic heterocycles. The van der Waals surface area contributed by atoms with Gasteiger partial charge in [-0.3, -0.25) is 4.79 Å². The van der Waals surface area contributed by atoms with Crippen molar-refractivity contribution in [3.8, 4) is 11.5 Å². The fraction of sp³-hybridized carbons (Fsp3) is 0.200. The van der Waals surface area contributed by atoms with Crippen molar-refractivity contribution in [3.63, 3.8) is 0 Å². The SMILES string of the molecule is C=CCn1c(=NC(=O)C2Oc3ccccc3OC2C)sc2cc(Cl)ccc21. The van der Waals surface area contributed by atoms with Crippen molar-refractivity contribution in [1.82, 2.24) is 4.57 Å². The first-order chi connectivity index (χ1) is 13.1. The first kappa shape index (κ1) is 17.8. The summed E-state index contributed by atoms with van der Waals surface area (Å²) in [5.41, 5.74) is 0.954. The van der Waals surface area contributed by atoms with Crippen molar-refractivity contribution >= 4 is 39.1 Å². The van der Waals surface area contributed by atoms with Crippen LogP contribution in [0.3, 0.4) is 0 Å². The van der Waals surface area contributed by atoms with Gasteiger partial charge in [0, 0.05) is 11.6 Å². The fourth-order valence-electron chi connectivity index (χ4n) is 2.99. The van der Waals surface area contributed by atoms with E-state index in [9.17, 15) is 4.79 Å². The number of hydrogen-bond donors (Lipinski definition) is 0. The second-order valence-electron chi connectivity index (χ2n) is 6.15. The average Bonchev–Trinajstić information content (AvgIpc) is 2.97. The number of nitrogens with zero attached hydrogens (tertiary/aromatic N) is 2. The molecular weight excluding hydrogens is 384 g/mol. The lowest BCUT2D eigenvalue weighted by molar-refractivity contribution is -0.130. The first-order valence-corrected chi connectivity index (χ1v) is 9.67. The Kier molecular flexibility index (Phi) is 4.76. The number of fused-ring (bicyclic) bond motifs is 2. The van der Waals surface area contributed by atoms with E-state index in [2.05, 4.69) is 11.6 Å². The van der Waals surface area contributed by atoms with E-state index in [1.807, 2.05) is 41.0 Å². The molecule has 1 aliphatic rings. The highest BCUT2D eigenvalue weighted by atomic mass is 35.5. The Morgan fingerprint density at radius 3 is 2.78 bits per heavy atom. The van der Waals surface area contributed by atoms with E-state index >= 15 is 0 Å². The lowest BCUT2D eigenvalue weighted by Gasteiger charge is -2.29. The van der Waals surface area contributed by atoms with Gasteiger partial charge in [0.2, 0.25) is 6.10 Å². The summed E-state index contributed by atoms with van der Waals surface area (Å²) in [7, 11) is 0. The highest BCUT2D eigenvalue weighted by Crippen LogP contribution is 2.33. The van der Waals surface area contributed by atoms with Gasteiger partial charge < -0.3 is 14.0 Å². The Bertz CT molecular complexity index is 1100. The van der Waals surface area contributed by atoms with Gasteiger partial charge in [0.05, 0.1) is 10.2 Å². The van der Waals surface area contributed by atoms with Gasteiger partial charge in [0.25, 0.3) is 5.91 Å². The maximum absolute atomic E-state index is 12.9. The van der Waals surface area contributed by atoms with Crippen molar-refractivity contribution in [2.45, 2.75) is 25.7 Å². The second kappa shape index (κ2) is 7.21. The number of thiazole rings is 1. The van der Waals surface area contributed by atoms with E-state index in [1.54, 1.807) is 19.1 Å². The second-order valence-corrected chi connectivity index (χ2v) is 7.60. The highest BCUT2D eigenvalue weighted by Gasteiger charge is 2.34. The van der Waals surface area contributed by atoms with Gasteiger partial charge in [0.15, 0.2) is 16.3 Å². The third-order valence-electron chi connectivity index (χ3n) is 4.25. The summed E-state index contributed by atoms with van der Waals surface area (Å²) < 4.78 is 14.6. The zero-order valence-corrected chi connectivity index (χ0v) is 16.2. The minimum Gasteiger partial charge on any atom is -0.482 e. The van der Waals surface area contributed by atoms with E-state index in [4.69, 9.17) is 21.1 Å². The Morgan fingerprint density at radius 2 is 2.04 bits per heavy atom. The predicted molar refractivity (Wildman–Crippen MR) is 107 cm³/mol. The number of ether oxygens (including phenoxy) is 2. The van der Waals surface area contributed by atoms with E-state index in [-0.39, 0.29) is 5.91 Å². The molecule has 2 unspecified atom stereocenters. The van der Waals surface area contributed by atoms with Crippen LogP contribution in [0, 0.1) is 0 Å². The van der Waals surface area contributed by atoms with Gasteiger partial charge in [-0.25, -0.2) is 0 Å². The van der Waals surface area contributed by atoms with E-state index in [0.29, 0.717) is 27.9 Å². The lowest BCUT2D eigenvalue weighted by Crippen LogP contribution is -2.43. The van der Waals surface area contributed by atoms with Crippen LogP contribution < -0.4 is 14.3 Å². The molecule has 0 N–H and O–H groups in total. The maximum atomic E-state index is 12.9. The first-order valence-electron chi connectivity index (χ1n) is 8.47. The molecule has 0 radical (unpaired) electrons. The van der Waals surface area contributed by atoms with Crippen LogP contribution in [0.25, 0.3) is 10.2 Å². The third-order valence-corrected chi connectivity index (χ3v) is 5.52. The molecule has 7 heteroatoms. The highest BCUT2D eigenvalue weighted by molar-refractivity contribution is 7.16. The van der Waals surface area contributed by atoms with Crippen molar-refractivity contribution in [1.29, 1.82) is 0 Å². The molecule has 138 valence electrons. The summed E-state index contributed by atoms with van der Waals surface area (Å²) in [5.74, 6) is 0.797. The number of amides is 1. The van der Waals surface area contributed by atoms with Crippen LogP contribution in [0.2, 0.25) is 5.02 Å². The summed E-state index contributed by atoms with van der Waals surface area (Å²) in [6.45, 7) is 6.13. The Labute approximate surface area is 165 Å². The van der Waals surface area contributed by atoms with Crippen LogP contribution in [-0.4, -0.2) is 22.7 Å². The number of halogens is 1. The molecule has 3 aromatic rings. The molecular formula is C20H17ClN2O3S. The number of rotatable bonds is 3. The van der Waals surface area contributed by atoms with E-state index in [1.165, 1.54) is 11.3 Å². The largest absolute Gasteiger partial charge is 0.482 e. The Morgan fingerprint density at radius 1 is 1.30 bits per heavy atom. The number of allylic oxidation sites excluding steroid dienone is 1. The van der Waals surface area contributed by atoms with Crippen LogP contribution in [0.1, 0.15) is 6.92 Å². The van der Waals surface area contributed by atoms with Crippen molar-refractivity contribution < 1.29 is 14.3 Å². The average molecular weight is 401 g/mol. The number of benzene rings is 2. The smallest absolute Gasteiger partial charge is 0.293 e. The van der Waals surface area contributed by atoms with E-state index < -0.39 is 12.2 Å². The topological polar surface area (TPSA) is 52.8 Å². The molecule has 0 saturated carbocycles. The maximum Gasteiger partial charge on any atom is 0.293 e. The van der Waals surface area contributed by atoms with Gasteiger partial charge in [-0.15, -0.1) is 6.58 Å². The Hall–Kier alpha value is -2.57. The van der Waals surface area contributed by atoms with Crippen molar-refractivity contribution in [2.75, 3.05) is 0 Å². The molecule has 27 heavy (non-hydrogen) atoms. The molecule has 0 bridgehead atoms. The van der Waals surface area contributed by atoms with Gasteiger partial charge in [0.1, 0.15) is 6.10 Å². The molecule has 2 heterocycles. The van der Waals surface area contributed by atoms with Crippen molar-refractivity contribution in [3.05, 3.63) is 64.9 Å². The van der Waals surface area contributed by atoms with Gasteiger partial charge >= 0.3 is 0 Å². The molecule has 1 aliphatic heterocycles. The summed E-state index contributed by atoms with van der Waals surface area (Å²) in [6.07, 6.45) is 0.530. The molecule has 0 saturated heterocycles. The molecule has 2 atom stereocenters. The zero-order valence-electron chi connectivity index (χ0n) is 14.6. The zero-order chi connectivity index (χ0) is 19.0. The lowest BCUT2D eigenvalue weighted by atomic mass is 10.1. The molecule has 1 amide bonds. The number of carbonyl (C=O) groups excluding carboxylic acids is 1. The standard InChI is InChI=1S/C20H17ClN2O3S/c1-3-10-23-14-9-8-13(21)11-17(14)27-20(23)22-19(24)18-12(2)25-15-6-4-5-7-16(15)26-18/h3-9,11-12,18H,1,10H2,2H3. The van der Waals surface area contributed by atoms with Gasteiger partial charge in [-0.2, -0.15) is 4.99 Å². The Balaban J connectivity index is 1.74. The van der Waals surface area contributed by atoms with Crippen LogP contribution >= 0.6 is 22.9 Å². The van der Waals surface area contributed by atoms with Crippen molar-refractivity contribution in [2.24, 2.45) is 4.99 Å². The third kappa shape index (κ3) is 3.38. The summed E-state index contributed by atoms with van der Waals surface area (Å²) in [4.78, 5) is 17.8. The minimum absolute atomic E-state index is 0.382. The summed E-state index contributed by atoms with van der Waals surface area (Å²) in [6, 6.07) is 12.9. The number of aromatic nitrogens is 1. The summed E-state index contributed by atoms with van der Waals surface area (Å²) in [5, 5.41) is 0.640. The van der Waals surface area contributed by atoms with Crippen LogP contribution in [0.5, 0.6) is 11.5 Å². The fourth-order valence-corrected chi connectivity index (χ4v) is 4.31. The number of hydrogen-bond acceptors (Lipinski definition) is 4. The summed E-state index contributed by atoms with van der Waals surface area (Å²) >= 11 is 7.50. The molecule has 0 fully saturated rings. The van der Waals surface area contributed by atoms with Crippen LogP contribution in [-0.2, 0) is 11.3 Å². The van der Waals surface area contributed by atoms with Crippen LogP contribution in [0.15, 0.2) is 60.1 Å².